The summed E-state index contributed by atoms with van der Waals surface area (Å²) in [6, 6.07) is 6.43. The summed E-state index contributed by atoms with van der Waals surface area (Å²) in [7, 11) is 0. The Kier molecular flexibility index (Phi) is 7.58. The van der Waals surface area contributed by atoms with Gasteiger partial charge in [0.25, 0.3) is 0 Å². The molecule has 3 nitrogen and oxygen atoms in total. The molecule has 1 aromatic carbocycles. The lowest BCUT2D eigenvalue weighted by Crippen LogP contribution is -2.26. The first-order chi connectivity index (χ1) is 10.8. The molecule has 0 bridgehead atoms. The molecule has 0 amide bonds. The van der Waals surface area contributed by atoms with Crippen molar-refractivity contribution in [2.75, 3.05) is 26.3 Å². The zero-order chi connectivity index (χ0) is 15.6. The zero-order valence-corrected chi connectivity index (χ0v) is 14.2. The van der Waals surface area contributed by atoms with E-state index in [-0.39, 0.29) is 0 Å². The SMILES string of the molecule is CCCCOc1ccc(C2CCNCC2)c(OCCCC)c1. The lowest BCUT2D eigenvalue weighted by molar-refractivity contribution is 0.289. The molecule has 1 aliphatic rings. The van der Waals surface area contributed by atoms with Crippen LogP contribution < -0.4 is 14.8 Å². The quantitative estimate of drug-likeness (QED) is 0.681. The normalized spacial score (nSPS) is 15.7. The number of benzene rings is 1. The molecular weight excluding hydrogens is 274 g/mol. The van der Waals surface area contributed by atoms with Crippen molar-refractivity contribution < 1.29 is 9.47 Å². The van der Waals surface area contributed by atoms with Gasteiger partial charge in [-0.2, -0.15) is 0 Å². The van der Waals surface area contributed by atoms with Gasteiger partial charge < -0.3 is 14.8 Å². The molecule has 1 heterocycles. The average Bonchev–Trinajstić information content (AvgIpc) is 2.56. The van der Waals surface area contributed by atoms with E-state index in [0.717, 1.165) is 63.5 Å². The Labute approximate surface area is 135 Å². The molecule has 124 valence electrons. The van der Waals surface area contributed by atoms with Gasteiger partial charge in [0.2, 0.25) is 0 Å². The molecule has 0 unspecified atom stereocenters. The van der Waals surface area contributed by atoms with Gasteiger partial charge in [-0.15, -0.1) is 0 Å². The monoisotopic (exact) mass is 305 g/mol. The highest BCUT2D eigenvalue weighted by Crippen LogP contribution is 2.35. The molecule has 0 saturated carbocycles. The summed E-state index contributed by atoms with van der Waals surface area (Å²) in [5.74, 6) is 2.59. The number of rotatable bonds is 9. The number of nitrogens with one attached hydrogen (secondary N) is 1. The molecule has 1 N–H and O–H groups in total. The lowest BCUT2D eigenvalue weighted by Gasteiger charge is -2.25. The van der Waals surface area contributed by atoms with Crippen molar-refractivity contribution in [3.05, 3.63) is 23.8 Å². The Morgan fingerprint density at radius 1 is 1.00 bits per heavy atom. The summed E-state index contributed by atoms with van der Waals surface area (Å²) in [6.45, 7) is 8.18. The molecule has 22 heavy (non-hydrogen) atoms. The van der Waals surface area contributed by atoms with Crippen LogP contribution in [-0.4, -0.2) is 26.3 Å². The highest BCUT2D eigenvalue weighted by Gasteiger charge is 2.19. The van der Waals surface area contributed by atoms with E-state index in [1.807, 2.05) is 0 Å². The van der Waals surface area contributed by atoms with Gasteiger partial charge in [0.05, 0.1) is 13.2 Å². The van der Waals surface area contributed by atoms with Crippen LogP contribution in [0.15, 0.2) is 18.2 Å². The van der Waals surface area contributed by atoms with Crippen molar-refractivity contribution in [3.63, 3.8) is 0 Å². The second-order valence-electron chi connectivity index (χ2n) is 6.13. The van der Waals surface area contributed by atoms with Gasteiger partial charge >= 0.3 is 0 Å². The van der Waals surface area contributed by atoms with Crippen molar-refractivity contribution in [2.24, 2.45) is 0 Å². The fourth-order valence-corrected chi connectivity index (χ4v) is 2.86. The van der Waals surface area contributed by atoms with E-state index >= 15 is 0 Å². The van der Waals surface area contributed by atoms with E-state index in [1.165, 1.54) is 18.4 Å². The molecule has 3 heteroatoms. The summed E-state index contributed by atoms with van der Waals surface area (Å²) in [5.41, 5.74) is 1.36. The third kappa shape index (κ3) is 5.20. The van der Waals surface area contributed by atoms with Crippen molar-refractivity contribution in [1.29, 1.82) is 0 Å². The first kappa shape index (κ1) is 17.1. The molecular formula is C19H31NO2. The minimum atomic E-state index is 0.613. The molecule has 0 radical (unpaired) electrons. The molecule has 1 fully saturated rings. The molecule has 0 aliphatic carbocycles. The number of ether oxygens (including phenoxy) is 2. The lowest BCUT2D eigenvalue weighted by atomic mass is 9.89. The van der Waals surface area contributed by atoms with Crippen LogP contribution in [0.2, 0.25) is 0 Å². The fourth-order valence-electron chi connectivity index (χ4n) is 2.86. The molecule has 1 saturated heterocycles. The number of piperidine rings is 1. The molecule has 0 atom stereocenters. The summed E-state index contributed by atoms with van der Waals surface area (Å²) in [5, 5.41) is 3.44. The van der Waals surface area contributed by atoms with Crippen LogP contribution in [0.5, 0.6) is 11.5 Å². The molecule has 0 aromatic heterocycles. The molecule has 1 aromatic rings. The largest absolute Gasteiger partial charge is 0.493 e. The third-order valence-electron chi connectivity index (χ3n) is 4.29. The smallest absolute Gasteiger partial charge is 0.126 e. The van der Waals surface area contributed by atoms with Gasteiger partial charge in [-0.3, -0.25) is 0 Å². The van der Waals surface area contributed by atoms with Crippen LogP contribution >= 0.6 is 0 Å². The standard InChI is InChI=1S/C19H31NO2/c1-3-5-13-21-17-7-8-18(16-9-11-20-12-10-16)19(15-17)22-14-6-4-2/h7-8,15-16,20H,3-6,9-14H2,1-2H3. The highest BCUT2D eigenvalue weighted by atomic mass is 16.5. The van der Waals surface area contributed by atoms with Gasteiger partial charge in [0.15, 0.2) is 0 Å². The number of hydrogen-bond donors (Lipinski definition) is 1. The van der Waals surface area contributed by atoms with E-state index in [9.17, 15) is 0 Å². The van der Waals surface area contributed by atoms with E-state index in [0.29, 0.717) is 5.92 Å². The Morgan fingerprint density at radius 2 is 1.68 bits per heavy atom. The van der Waals surface area contributed by atoms with Gasteiger partial charge in [0.1, 0.15) is 11.5 Å². The Hall–Kier alpha value is -1.22. The summed E-state index contributed by atoms with van der Waals surface area (Å²) in [4.78, 5) is 0. The van der Waals surface area contributed by atoms with Crippen LogP contribution in [0, 0.1) is 0 Å². The minimum absolute atomic E-state index is 0.613. The van der Waals surface area contributed by atoms with Crippen LogP contribution in [0.3, 0.4) is 0 Å². The summed E-state index contributed by atoms with van der Waals surface area (Å²) in [6.07, 6.45) is 6.91. The number of unbranched alkanes of at least 4 members (excludes halogenated alkanes) is 2. The minimum Gasteiger partial charge on any atom is -0.493 e. The number of hydrogen-bond acceptors (Lipinski definition) is 3. The van der Waals surface area contributed by atoms with Crippen molar-refractivity contribution in [1.82, 2.24) is 5.32 Å². The van der Waals surface area contributed by atoms with Crippen molar-refractivity contribution in [3.8, 4) is 11.5 Å². The van der Waals surface area contributed by atoms with Gasteiger partial charge in [0, 0.05) is 6.07 Å². The van der Waals surface area contributed by atoms with Gasteiger partial charge in [-0.25, -0.2) is 0 Å². The zero-order valence-electron chi connectivity index (χ0n) is 14.2. The maximum atomic E-state index is 6.08. The van der Waals surface area contributed by atoms with Crippen LogP contribution in [0.25, 0.3) is 0 Å². The van der Waals surface area contributed by atoms with E-state index in [1.54, 1.807) is 0 Å². The maximum Gasteiger partial charge on any atom is 0.126 e. The van der Waals surface area contributed by atoms with Crippen LogP contribution in [0.1, 0.15) is 63.9 Å². The summed E-state index contributed by atoms with van der Waals surface area (Å²) >= 11 is 0. The van der Waals surface area contributed by atoms with E-state index < -0.39 is 0 Å². The third-order valence-corrected chi connectivity index (χ3v) is 4.29. The Bertz CT molecular complexity index is 427. The maximum absolute atomic E-state index is 6.08. The summed E-state index contributed by atoms with van der Waals surface area (Å²) < 4.78 is 11.9. The first-order valence-electron chi connectivity index (χ1n) is 8.95. The highest BCUT2D eigenvalue weighted by molar-refractivity contribution is 5.43. The van der Waals surface area contributed by atoms with E-state index in [4.69, 9.17) is 9.47 Å². The Balaban J connectivity index is 2.07. The van der Waals surface area contributed by atoms with E-state index in [2.05, 4.69) is 37.4 Å². The molecule has 1 aliphatic heterocycles. The van der Waals surface area contributed by atoms with Crippen LogP contribution in [-0.2, 0) is 0 Å². The molecule has 2 rings (SSSR count). The topological polar surface area (TPSA) is 30.5 Å². The fraction of sp³-hybridized carbons (Fsp3) is 0.684. The second kappa shape index (κ2) is 9.73. The van der Waals surface area contributed by atoms with Crippen molar-refractivity contribution >= 4 is 0 Å². The average molecular weight is 305 g/mol. The predicted octanol–water partition coefficient (Wildman–Crippen LogP) is 4.51. The van der Waals surface area contributed by atoms with Gasteiger partial charge in [-0.05, 0) is 56.3 Å². The van der Waals surface area contributed by atoms with Gasteiger partial charge in [-0.1, -0.05) is 32.8 Å². The van der Waals surface area contributed by atoms with Crippen molar-refractivity contribution in [2.45, 2.75) is 58.3 Å². The first-order valence-corrected chi connectivity index (χ1v) is 8.95. The van der Waals surface area contributed by atoms with Crippen LogP contribution in [0.4, 0.5) is 0 Å². The second-order valence-corrected chi connectivity index (χ2v) is 6.13. The predicted molar refractivity (Wildman–Crippen MR) is 92.1 cm³/mol. The Morgan fingerprint density at radius 3 is 2.36 bits per heavy atom. The molecule has 0 spiro atoms.